The number of hydrogen-bond donors (Lipinski definition) is 1. The van der Waals surface area contributed by atoms with Crippen LogP contribution >= 0.6 is 22.9 Å². The molecule has 0 spiro atoms. The SMILES string of the molecule is Cc1ccc(C(C)NC(=O)Cc2nc(CCl)cs2)o1. The smallest absolute Gasteiger partial charge is 0.227 e. The van der Waals surface area contributed by atoms with E-state index in [1.54, 1.807) is 0 Å². The van der Waals surface area contributed by atoms with Crippen molar-refractivity contribution in [2.75, 3.05) is 0 Å². The Labute approximate surface area is 120 Å². The quantitative estimate of drug-likeness (QED) is 0.862. The number of nitrogens with one attached hydrogen (secondary N) is 1. The number of nitrogens with zero attached hydrogens (tertiary/aromatic N) is 1. The van der Waals surface area contributed by atoms with Crippen LogP contribution in [0.5, 0.6) is 0 Å². The summed E-state index contributed by atoms with van der Waals surface area (Å²) in [6.45, 7) is 3.77. The predicted molar refractivity (Wildman–Crippen MR) is 75.4 cm³/mol. The molecule has 2 rings (SSSR count). The van der Waals surface area contributed by atoms with Gasteiger partial charge in [0.1, 0.15) is 16.5 Å². The fraction of sp³-hybridized carbons (Fsp3) is 0.385. The Morgan fingerprint density at radius 1 is 1.58 bits per heavy atom. The van der Waals surface area contributed by atoms with E-state index < -0.39 is 0 Å². The molecule has 2 aromatic rings. The first-order valence-electron chi connectivity index (χ1n) is 5.93. The Bertz CT molecular complexity index is 564. The maximum absolute atomic E-state index is 11.9. The van der Waals surface area contributed by atoms with Crippen LogP contribution in [0, 0.1) is 6.92 Å². The molecular formula is C13H15ClN2O2S. The molecule has 1 amide bonds. The summed E-state index contributed by atoms with van der Waals surface area (Å²) < 4.78 is 5.47. The van der Waals surface area contributed by atoms with E-state index in [4.69, 9.17) is 16.0 Å². The van der Waals surface area contributed by atoms with Crippen molar-refractivity contribution in [2.45, 2.75) is 32.2 Å². The molecule has 19 heavy (non-hydrogen) atoms. The van der Waals surface area contributed by atoms with Crippen molar-refractivity contribution in [3.05, 3.63) is 39.7 Å². The maximum atomic E-state index is 11.9. The summed E-state index contributed by atoms with van der Waals surface area (Å²) in [6.07, 6.45) is 0.269. The van der Waals surface area contributed by atoms with Crippen LogP contribution in [0.15, 0.2) is 21.9 Å². The van der Waals surface area contributed by atoms with Crippen molar-refractivity contribution in [1.29, 1.82) is 0 Å². The largest absolute Gasteiger partial charge is 0.464 e. The highest BCUT2D eigenvalue weighted by Gasteiger charge is 2.14. The summed E-state index contributed by atoms with van der Waals surface area (Å²) in [5, 5.41) is 5.53. The molecule has 4 nitrogen and oxygen atoms in total. The second-order valence-electron chi connectivity index (χ2n) is 4.28. The van der Waals surface area contributed by atoms with E-state index in [1.807, 2.05) is 31.4 Å². The highest BCUT2D eigenvalue weighted by Crippen LogP contribution is 2.16. The topological polar surface area (TPSA) is 55.1 Å². The third-order valence-corrected chi connectivity index (χ3v) is 3.78. The van der Waals surface area contributed by atoms with Gasteiger partial charge in [-0.2, -0.15) is 0 Å². The molecule has 0 aromatic carbocycles. The maximum Gasteiger partial charge on any atom is 0.227 e. The van der Waals surface area contributed by atoms with Crippen molar-refractivity contribution in [3.63, 3.8) is 0 Å². The lowest BCUT2D eigenvalue weighted by atomic mass is 10.2. The van der Waals surface area contributed by atoms with E-state index in [-0.39, 0.29) is 18.4 Å². The lowest BCUT2D eigenvalue weighted by molar-refractivity contribution is -0.121. The zero-order valence-corrected chi connectivity index (χ0v) is 12.3. The van der Waals surface area contributed by atoms with Crippen LogP contribution in [-0.4, -0.2) is 10.9 Å². The van der Waals surface area contributed by atoms with Crippen molar-refractivity contribution in [2.24, 2.45) is 0 Å². The molecule has 1 unspecified atom stereocenters. The predicted octanol–water partition coefficient (Wildman–Crippen LogP) is 3.20. The number of aryl methyl sites for hydroxylation is 1. The Morgan fingerprint density at radius 2 is 2.37 bits per heavy atom. The van der Waals surface area contributed by atoms with Gasteiger partial charge in [0.05, 0.1) is 24.0 Å². The first-order chi connectivity index (χ1) is 9.08. The van der Waals surface area contributed by atoms with E-state index in [1.165, 1.54) is 11.3 Å². The number of thiazole rings is 1. The molecule has 0 aliphatic carbocycles. The minimum absolute atomic E-state index is 0.0722. The fourth-order valence-corrected chi connectivity index (χ4v) is 2.70. The second kappa shape index (κ2) is 6.21. The number of aromatic nitrogens is 1. The number of rotatable bonds is 5. The van der Waals surface area contributed by atoms with E-state index in [9.17, 15) is 4.79 Å². The van der Waals surface area contributed by atoms with Gasteiger partial charge in [0.15, 0.2) is 0 Å². The Morgan fingerprint density at radius 3 is 2.95 bits per heavy atom. The van der Waals surface area contributed by atoms with E-state index in [0.717, 1.165) is 22.2 Å². The van der Waals surface area contributed by atoms with Crippen molar-refractivity contribution >= 4 is 28.8 Å². The molecule has 0 bridgehead atoms. The van der Waals surface area contributed by atoms with Crippen LogP contribution in [0.1, 0.15) is 35.2 Å². The van der Waals surface area contributed by atoms with Crippen LogP contribution in [0.25, 0.3) is 0 Å². The summed E-state index contributed by atoms with van der Waals surface area (Å²) in [5.41, 5.74) is 0.809. The van der Waals surface area contributed by atoms with E-state index in [0.29, 0.717) is 5.88 Å². The molecule has 0 fully saturated rings. The molecule has 0 aliphatic heterocycles. The van der Waals surface area contributed by atoms with Gasteiger partial charge in [-0.25, -0.2) is 4.98 Å². The zero-order chi connectivity index (χ0) is 13.8. The van der Waals surface area contributed by atoms with Crippen LogP contribution in [0.4, 0.5) is 0 Å². The van der Waals surface area contributed by atoms with Crippen LogP contribution in [0.2, 0.25) is 0 Å². The lowest BCUT2D eigenvalue weighted by Crippen LogP contribution is -2.27. The third-order valence-electron chi connectivity index (χ3n) is 2.61. The Balaban J connectivity index is 1.90. The van der Waals surface area contributed by atoms with Gasteiger partial charge < -0.3 is 9.73 Å². The van der Waals surface area contributed by atoms with Gasteiger partial charge in [-0.15, -0.1) is 22.9 Å². The molecule has 1 atom stereocenters. The highest BCUT2D eigenvalue weighted by atomic mass is 35.5. The zero-order valence-electron chi connectivity index (χ0n) is 10.8. The molecule has 0 saturated carbocycles. The second-order valence-corrected chi connectivity index (χ2v) is 5.49. The van der Waals surface area contributed by atoms with Gasteiger partial charge in [0.2, 0.25) is 5.91 Å². The first kappa shape index (κ1) is 14.1. The standard InChI is InChI=1S/C13H15ClN2O2S/c1-8-3-4-11(18-8)9(2)15-12(17)5-13-16-10(6-14)7-19-13/h3-4,7,9H,5-6H2,1-2H3,(H,15,17). The Hall–Kier alpha value is -1.33. The van der Waals surface area contributed by atoms with Gasteiger partial charge in [-0.05, 0) is 26.0 Å². The van der Waals surface area contributed by atoms with Gasteiger partial charge in [-0.3, -0.25) is 4.79 Å². The third kappa shape index (κ3) is 3.81. The molecule has 6 heteroatoms. The monoisotopic (exact) mass is 298 g/mol. The summed E-state index contributed by atoms with van der Waals surface area (Å²) in [7, 11) is 0. The van der Waals surface area contributed by atoms with Gasteiger partial charge in [0, 0.05) is 5.38 Å². The molecule has 0 saturated heterocycles. The van der Waals surface area contributed by atoms with E-state index in [2.05, 4.69) is 10.3 Å². The summed E-state index contributed by atoms with van der Waals surface area (Å²) >= 11 is 7.12. The number of carbonyl (C=O) groups excluding carboxylic acids is 1. The molecule has 0 radical (unpaired) electrons. The van der Waals surface area contributed by atoms with Gasteiger partial charge in [-0.1, -0.05) is 0 Å². The van der Waals surface area contributed by atoms with Gasteiger partial charge >= 0.3 is 0 Å². The fourth-order valence-electron chi connectivity index (χ4n) is 1.68. The van der Waals surface area contributed by atoms with E-state index >= 15 is 0 Å². The number of alkyl halides is 1. The van der Waals surface area contributed by atoms with Crippen molar-refractivity contribution < 1.29 is 9.21 Å². The van der Waals surface area contributed by atoms with Crippen molar-refractivity contribution in [1.82, 2.24) is 10.3 Å². The van der Waals surface area contributed by atoms with Crippen LogP contribution in [0.3, 0.4) is 0 Å². The summed E-state index contributed by atoms with van der Waals surface area (Å²) in [6, 6.07) is 3.61. The van der Waals surface area contributed by atoms with Crippen LogP contribution < -0.4 is 5.32 Å². The molecule has 2 aromatic heterocycles. The average molecular weight is 299 g/mol. The molecule has 2 heterocycles. The van der Waals surface area contributed by atoms with Crippen molar-refractivity contribution in [3.8, 4) is 0 Å². The highest BCUT2D eigenvalue weighted by molar-refractivity contribution is 7.09. The normalized spacial score (nSPS) is 12.4. The minimum Gasteiger partial charge on any atom is -0.464 e. The number of carbonyl (C=O) groups is 1. The molecule has 1 N–H and O–H groups in total. The first-order valence-corrected chi connectivity index (χ1v) is 7.35. The van der Waals surface area contributed by atoms with Gasteiger partial charge in [0.25, 0.3) is 0 Å². The number of amides is 1. The van der Waals surface area contributed by atoms with Crippen LogP contribution in [-0.2, 0) is 17.1 Å². The molecule has 0 aliphatic rings. The summed E-state index contributed by atoms with van der Waals surface area (Å²) in [5.74, 6) is 1.89. The number of furan rings is 1. The lowest BCUT2D eigenvalue weighted by Gasteiger charge is -2.10. The minimum atomic E-state index is -0.145. The summed E-state index contributed by atoms with van der Waals surface area (Å²) in [4.78, 5) is 16.1. The molecule has 102 valence electrons. The number of halogens is 1. The number of hydrogen-bond acceptors (Lipinski definition) is 4. The Kier molecular flexibility index (Phi) is 4.61. The molecular weight excluding hydrogens is 284 g/mol. The average Bonchev–Trinajstić information content (AvgIpc) is 2.97.